The van der Waals surface area contributed by atoms with E-state index in [4.69, 9.17) is 9.57 Å². The van der Waals surface area contributed by atoms with Gasteiger partial charge in [-0.1, -0.05) is 13.8 Å². The summed E-state index contributed by atoms with van der Waals surface area (Å²) in [4.78, 5) is 17.1. The average Bonchev–Trinajstić information content (AvgIpc) is 2.94. The Hall–Kier alpha value is -0.610. The summed E-state index contributed by atoms with van der Waals surface area (Å²) in [5, 5.41) is 1.72. The minimum atomic E-state index is -0.194. The fourth-order valence-electron chi connectivity index (χ4n) is 2.24. The van der Waals surface area contributed by atoms with Gasteiger partial charge in [-0.05, 0) is 38.0 Å². The third-order valence-electron chi connectivity index (χ3n) is 3.18. The largest absolute Gasteiger partial charge is 0.461 e. The van der Waals surface area contributed by atoms with Crippen molar-refractivity contribution in [3.8, 4) is 0 Å². The number of hydroxylamine groups is 2. The molecule has 2 fully saturated rings. The van der Waals surface area contributed by atoms with Gasteiger partial charge in [0.2, 0.25) is 0 Å². The Morgan fingerprint density at radius 2 is 2.06 bits per heavy atom. The Bertz CT molecular complexity index is 245. The molecule has 0 radical (unpaired) electrons. The maximum Gasteiger partial charge on any atom is 0.326 e. The van der Waals surface area contributed by atoms with E-state index >= 15 is 0 Å². The van der Waals surface area contributed by atoms with E-state index in [1.165, 1.54) is 12.8 Å². The highest BCUT2D eigenvalue weighted by Crippen LogP contribution is 2.25. The Labute approximate surface area is 96.8 Å². The lowest BCUT2D eigenvalue weighted by Gasteiger charge is -2.19. The number of carbonyl (C=O) groups is 1. The van der Waals surface area contributed by atoms with Gasteiger partial charge in [-0.2, -0.15) is 0 Å². The molecule has 1 aliphatic heterocycles. The number of carbonyl (C=O) groups excluding carboxylic acids is 1. The molecule has 2 aliphatic rings. The third kappa shape index (κ3) is 3.19. The summed E-state index contributed by atoms with van der Waals surface area (Å²) in [6.07, 6.45) is 5.40. The van der Waals surface area contributed by atoms with E-state index in [9.17, 15) is 4.79 Å². The molecule has 4 heteroatoms. The first-order chi connectivity index (χ1) is 7.66. The Morgan fingerprint density at radius 1 is 1.44 bits per heavy atom. The van der Waals surface area contributed by atoms with Crippen molar-refractivity contribution in [2.45, 2.75) is 58.1 Å². The second-order valence-corrected chi connectivity index (χ2v) is 5.16. The molecule has 0 N–H and O–H groups in total. The standard InChI is InChI=1S/C12H21NO3/c1-9(2)7-11(13-8-15-13)12(14)16-10-5-3-4-6-10/h9-11H,3-8H2,1-2H3. The van der Waals surface area contributed by atoms with E-state index in [0.29, 0.717) is 12.6 Å². The van der Waals surface area contributed by atoms with Crippen LogP contribution >= 0.6 is 0 Å². The Kier molecular flexibility index (Phi) is 3.82. The van der Waals surface area contributed by atoms with Crippen LogP contribution in [-0.2, 0) is 14.4 Å². The Balaban J connectivity index is 1.83. The van der Waals surface area contributed by atoms with Crippen LogP contribution in [0.5, 0.6) is 0 Å². The van der Waals surface area contributed by atoms with Crippen molar-refractivity contribution in [2.75, 3.05) is 6.73 Å². The van der Waals surface area contributed by atoms with Gasteiger partial charge in [-0.15, -0.1) is 5.06 Å². The number of esters is 1. The van der Waals surface area contributed by atoms with Crippen molar-refractivity contribution < 1.29 is 14.4 Å². The Morgan fingerprint density at radius 3 is 2.56 bits per heavy atom. The lowest BCUT2D eigenvalue weighted by Crippen LogP contribution is -2.34. The molecule has 92 valence electrons. The van der Waals surface area contributed by atoms with Crippen molar-refractivity contribution >= 4 is 5.97 Å². The highest BCUT2D eigenvalue weighted by Gasteiger charge is 2.37. The van der Waals surface area contributed by atoms with Gasteiger partial charge >= 0.3 is 5.97 Å². The van der Waals surface area contributed by atoms with Crippen LogP contribution in [0.25, 0.3) is 0 Å². The third-order valence-corrected chi connectivity index (χ3v) is 3.18. The zero-order valence-electron chi connectivity index (χ0n) is 10.1. The van der Waals surface area contributed by atoms with Gasteiger partial charge in [0.25, 0.3) is 0 Å². The zero-order chi connectivity index (χ0) is 11.5. The average molecular weight is 227 g/mol. The fourth-order valence-corrected chi connectivity index (χ4v) is 2.24. The van der Waals surface area contributed by atoms with Crippen LogP contribution in [0.1, 0.15) is 46.0 Å². The molecule has 0 aromatic rings. The summed E-state index contributed by atoms with van der Waals surface area (Å²) in [6, 6.07) is -0.194. The minimum absolute atomic E-state index is 0.0990. The number of rotatable bonds is 5. The SMILES string of the molecule is CC(C)CC(C(=O)OC1CCCC1)N1CO1. The monoisotopic (exact) mass is 227 g/mol. The summed E-state index contributed by atoms with van der Waals surface area (Å²) in [7, 11) is 0. The smallest absolute Gasteiger partial charge is 0.326 e. The molecule has 2 rings (SSSR count). The lowest BCUT2D eigenvalue weighted by atomic mass is 10.0. The first-order valence-corrected chi connectivity index (χ1v) is 6.27. The summed E-state index contributed by atoms with van der Waals surface area (Å²) in [6.45, 7) is 4.79. The van der Waals surface area contributed by atoms with E-state index in [1.54, 1.807) is 5.06 Å². The van der Waals surface area contributed by atoms with Crippen LogP contribution in [0.4, 0.5) is 0 Å². The molecular formula is C12H21NO3. The van der Waals surface area contributed by atoms with Crippen molar-refractivity contribution in [3.05, 3.63) is 0 Å². The number of ether oxygens (including phenoxy) is 1. The molecule has 0 aromatic heterocycles. The lowest BCUT2D eigenvalue weighted by molar-refractivity contribution is -0.156. The highest BCUT2D eigenvalue weighted by molar-refractivity contribution is 5.76. The predicted octanol–water partition coefficient (Wildman–Crippen LogP) is 2.09. The molecule has 1 heterocycles. The summed E-state index contributed by atoms with van der Waals surface area (Å²) in [5.74, 6) is 0.378. The van der Waals surface area contributed by atoms with Crippen molar-refractivity contribution in [2.24, 2.45) is 5.92 Å². The normalized spacial score (nSPS) is 27.1. The second kappa shape index (κ2) is 5.15. The van der Waals surface area contributed by atoms with Crippen LogP contribution in [0, 0.1) is 5.92 Å². The summed E-state index contributed by atoms with van der Waals surface area (Å²) >= 11 is 0. The molecule has 2 atom stereocenters. The van der Waals surface area contributed by atoms with Gasteiger partial charge in [0, 0.05) is 0 Å². The van der Waals surface area contributed by atoms with Gasteiger partial charge in [-0.3, -0.25) is 9.63 Å². The molecule has 4 nitrogen and oxygen atoms in total. The molecule has 0 amide bonds. The molecule has 1 aliphatic carbocycles. The van der Waals surface area contributed by atoms with Crippen LogP contribution in [0.3, 0.4) is 0 Å². The highest BCUT2D eigenvalue weighted by atomic mass is 16.8. The minimum Gasteiger partial charge on any atom is -0.461 e. The van der Waals surface area contributed by atoms with Crippen molar-refractivity contribution in [3.63, 3.8) is 0 Å². The van der Waals surface area contributed by atoms with Crippen molar-refractivity contribution in [1.82, 2.24) is 5.06 Å². The van der Waals surface area contributed by atoms with Crippen LogP contribution < -0.4 is 0 Å². The van der Waals surface area contributed by atoms with Gasteiger partial charge in [0.15, 0.2) is 0 Å². The number of hydrogen-bond donors (Lipinski definition) is 0. The molecule has 2 unspecified atom stereocenters. The van der Waals surface area contributed by atoms with Crippen LogP contribution in [-0.4, -0.2) is 29.9 Å². The molecule has 1 saturated heterocycles. The van der Waals surface area contributed by atoms with Gasteiger partial charge < -0.3 is 4.74 Å². The first kappa shape index (κ1) is 11.9. The van der Waals surface area contributed by atoms with E-state index < -0.39 is 0 Å². The number of hydrogen-bond acceptors (Lipinski definition) is 4. The maximum atomic E-state index is 12.0. The molecular weight excluding hydrogens is 206 g/mol. The molecule has 0 spiro atoms. The van der Waals surface area contributed by atoms with Crippen LogP contribution in [0.2, 0.25) is 0 Å². The van der Waals surface area contributed by atoms with E-state index in [1.807, 2.05) is 0 Å². The molecule has 1 saturated carbocycles. The molecule has 16 heavy (non-hydrogen) atoms. The molecule has 0 bridgehead atoms. The first-order valence-electron chi connectivity index (χ1n) is 6.27. The fraction of sp³-hybridized carbons (Fsp3) is 0.917. The van der Waals surface area contributed by atoms with E-state index in [0.717, 1.165) is 19.3 Å². The topological polar surface area (TPSA) is 41.8 Å². The van der Waals surface area contributed by atoms with E-state index in [-0.39, 0.29) is 18.1 Å². The second-order valence-electron chi connectivity index (χ2n) is 5.16. The van der Waals surface area contributed by atoms with Crippen molar-refractivity contribution in [1.29, 1.82) is 0 Å². The summed E-state index contributed by atoms with van der Waals surface area (Å²) in [5.41, 5.74) is 0. The van der Waals surface area contributed by atoms with E-state index in [2.05, 4.69) is 13.8 Å². The quantitative estimate of drug-likeness (QED) is 0.533. The maximum absolute atomic E-state index is 12.0. The van der Waals surface area contributed by atoms with Gasteiger partial charge in [0.05, 0.1) is 0 Å². The van der Waals surface area contributed by atoms with Crippen LogP contribution in [0.15, 0.2) is 0 Å². The predicted molar refractivity (Wildman–Crippen MR) is 59.4 cm³/mol. The number of nitrogens with zero attached hydrogens (tertiary/aromatic N) is 1. The van der Waals surface area contributed by atoms with Gasteiger partial charge in [-0.25, -0.2) is 0 Å². The summed E-state index contributed by atoms with van der Waals surface area (Å²) < 4.78 is 5.52. The molecule has 0 aromatic carbocycles. The zero-order valence-corrected chi connectivity index (χ0v) is 10.1. The van der Waals surface area contributed by atoms with Gasteiger partial charge in [0.1, 0.15) is 18.9 Å².